The Morgan fingerprint density at radius 2 is 2.35 bits per heavy atom. The minimum atomic E-state index is -0.660. The molecule has 1 aromatic rings. The molecule has 0 amide bonds. The first-order valence-electron chi connectivity index (χ1n) is 7.37. The summed E-state index contributed by atoms with van der Waals surface area (Å²) >= 11 is 1.77. The van der Waals surface area contributed by atoms with E-state index in [9.17, 15) is 9.90 Å². The van der Waals surface area contributed by atoms with Gasteiger partial charge in [0.25, 0.3) is 0 Å². The summed E-state index contributed by atoms with van der Waals surface area (Å²) < 4.78 is 0. The van der Waals surface area contributed by atoms with Crippen LogP contribution in [0.4, 0.5) is 0 Å². The topological polar surface area (TPSA) is 53.4 Å². The van der Waals surface area contributed by atoms with Crippen molar-refractivity contribution in [1.82, 2.24) is 9.88 Å². The lowest BCUT2D eigenvalue weighted by Crippen LogP contribution is -2.45. The molecule has 1 fully saturated rings. The van der Waals surface area contributed by atoms with Crippen LogP contribution in [0.3, 0.4) is 0 Å². The Balaban J connectivity index is 1.98. The molecule has 1 aromatic heterocycles. The van der Waals surface area contributed by atoms with Gasteiger partial charge in [-0.2, -0.15) is 0 Å². The van der Waals surface area contributed by atoms with E-state index in [1.54, 1.807) is 11.3 Å². The van der Waals surface area contributed by atoms with E-state index in [1.807, 2.05) is 13.1 Å². The lowest BCUT2D eigenvalue weighted by atomic mass is 9.90. The molecule has 4 nitrogen and oxygen atoms in total. The predicted molar refractivity (Wildman–Crippen MR) is 80.9 cm³/mol. The lowest BCUT2D eigenvalue weighted by molar-refractivity contribution is -0.145. The van der Waals surface area contributed by atoms with Gasteiger partial charge in [0.2, 0.25) is 0 Å². The van der Waals surface area contributed by atoms with Crippen LogP contribution in [-0.2, 0) is 17.8 Å². The lowest BCUT2D eigenvalue weighted by Gasteiger charge is -2.37. The van der Waals surface area contributed by atoms with Crippen LogP contribution in [0, 0.1) is 11.8 Å². The Kier molecular flexibility index (Phi) is 5.16. The van der Waals surface area contributed by atoms with Gasteiger partial charge >= 0.3 is 5.97 Å². The van der Waals surface area contributed by atoms with Crippen molar-refractivity contribution in [3.8, 4) is 0 Å². The number of carbonyl (C=O) groups is 1. The molecule has 1 aliphatic heterocycles. The monoisotopic (exact) mass is 296 g/mol. The Bertz CT molecular complexity index is 458. The SMILES string of the molecule is CC(C)Cc1ncc(CN2CCC[C@H](C(=O)O)[C@@H]2C)s1. The maximum absolute atomic E-state index is 11.3. The molecule has 20 heavy (non-hydrogen) atoms. The average molecular weight is 296 g/mol. The first-order chi connectivity index (χ1) is 9.47. The maximum Gasteiger partial charge on any atom is 0.308 e. The second-order valence-electron chi connectivity index (χ2n) is 6.12. The molecule has 0 spiro atoms. The molecular weight excluding hydrogens is 272 g/mol. The fraction of sp³-hybridized carbons (Fsp3) is 0.733. The Hall–Kier alpha value is -0.940. The zero-order valence-electron chi connectivity index (χ0n) is 12.5. The number of thiazole rings is 1. The third-order valence-electron chi connectivity index (χ3n) is 3.98. The summed E-state index contributed by atoms with van der Waals surface area (Å²) in [7, 11) is 0. The average Bonchev–Trinajstić information content (AvgIpc) is 2.78. The molecule has 5 heteroatoms. The van der Waals surface area contributed by atoms with Crippen molar-refractivity contribution in [2.24, 2.45) is 11.8 Å². The Morgan fingerprint density at radius 1 is 1.60 bits per heavy atom. The summed E-state index contributed by atoms with van der Waals surface area (Å²) in [6.45, 7) is 8.26. The van der Waals surface area contributed by atoms with Crippen molar-refractivity contribution in [3.63, 3.8) is 0 Å². The van der Waals surface area contributed by atoms with Crippen LogP contribution >= 0.6 is 11.3 Å². The van der Waals surface area contributed by atoms with Crippen molar-refractivity contribution in [1.29, 1.82) is 0 Å². The third kappa shape index (κ3) is 3.79. The number of piperidine rings is 1. The highest BCUT2D eigenvalue weighted by molar-refractivity contribution is 7.11. The highest BCUT2D eigenvalue weighted by atomic mass is 32.1. The number of aliphatic carboxylic acids is 1. The summed E-state index contributed by atoms with van der Waals surface area (Å²) in [6.07, 6.45) is 4.75. The molecular formula is C15H24N2O2S. The van der Waals surface area contributed by atoms with Crippen molar-refractivity contribution < 1.29 is 9.90 Å². The number of likely N-dealkylation sites (tertiary alicyclic amines) is 1. The van der Waals surface area contributed by atoms with E-state index >= 15 is 0 Å². The number of nitrogens with zero attached hydrogens (tertiary/aromatic N) is 2. The molecule has 0 radical (unpaired) electrons. The summed E-state index contributed by atoms with van der Waals surface area (Å²) in [5.41, 5.74) is 0. The molecule has 0 saturated carbocycles. The molecule has 0 aliphatic carbocycles. The van der Waals surface area contributed by atoms with Gasteiger partial charge in [-0.25, -0.2) is 4.98 Å². The predicted octanol–water partition coefficient (Wildman–Crippen LogP) is 3.03. The fourth-order valence-corrected chi connectivity index (χ4v) is 3.99. The molecule has 0 unspecified atom stereocenters. The van der Waals surface area contributed by atoms with Crippen LogP contribution in [0.15, 0.2) is 6.20 Å². The van der Waals surface area contributed by atoms with Gasteiger partial charge in [0.15, 0.2) is 0 Å². The first kappa shape index (κ1) is 15.4. The Labute approximate surface area is 124 Å². The van der Waals surface area contributed by atoms with Crippen LogP contribution in [0.25, 0.3) is 0 Å². The molecule has 112 valence electrons. The van der Waals surface area contributed by atoms with Gasteiger partial charge in [0.1, 0.15) is 0 Å². The van der Waals surface area contributed by atoms with E-state index in [-0.39, 0.29) is 12.0 Å². The number of hydrogen-bond donors (Lipinski definition) is 1. The second-order valence-corrected chi connectivity index (χ2v) is 7.32. The highest BCUT2D eigenvalue weighted by Gasteiger charge is 2.32. The number of carboxylic acids is 1. The van der Waals surface area contributed by atoms with Gasteiger partial charge in [-0.05, 0) is 32.2 Å². The highest BCUT2D eigenvalue weighted by Crippen LogP contribution is 2.27. The van der Waals surface area contributed by atoms with E-state index in [0.29, 0.717) is 5.92 Å². The standard InChI is InChI=1S/C15H24N2O2S/c1-10(2)7-14-16-8-12(20-14)9-17-6-4-5-13(11(17)3)15(18)19/h8,10-11,13H,4-7,9H2,1-3H3,(H,18,19)/t11-,13-/m0/s1. The number of hydrogen-bond acceptors (Lipinski definition) is 4. The third-order valence-corrected chi connectivity index (χ3v) is 4.98. The molecule has 1 saturated heterocycles. The minimum Gasteiger partial charge on any atom is -0.481 e. The summed E-state index contributed by atoms with van der Waals surface area (Å²) in [4.78, 5) is 19.3. The van der Waals surface area contributed by atoms with Crippen LogP contribution < -0.4 is 0 Å². The number of rotatable bonds is 5. The van der Waals surface area contributed by atoms with Gasteiger partial charge in [-0.3, -0.25) is 9.69 Å². The molecule has 1 N–H and O–H groups in total. The summed E-state index contributed by atoms with van der Waals surface area (Å²) in [6, 6.07) is 0.108. The molecule has 0 aromatic carbocycles. The normalized spacial score (nSPS) is 24.2. The van der Waals surface area contributed by atoms with Crippen LogP contribution in [-0.4, -0.2) is 33.5 Å². The van der Waals surface area contributed by atoms with Crippen molar-refractivity contribution in [3.05, 3.63) is 16.1 Å². The van der Waals surface area contributed by atoms with Gasteiger partial charge in [0, 0.05) is 30.1 Å². The summed E-state index contributed by atoms with van der Waals surface area (Å²) in [5.74, 6) is -0.266. The van der Waals surface area contributed by atoms with E-state index in [1.165, 1.54) is 9.88 Å². The first-order valence-corrected chi connectivity index (χ1v) is 8.19. The number of carboxylic acid groups (broad SMARTS) is 1. The molecule has 2 rings (SSSR count). The van der Waals surface area contributed by atoms with E-state index in [0.717, 1.165) is 32.4 Å². The largest absolute Gasteiger partial charge is 0.481 e. The molecule has 0 bridgehead atoms. The van der Waals surface area contributed by atoms with Crippen molar-refractivity contribution in [2.45, 2.75) is 52.6 Å². The zero-order valence-corrected chi connectivity index (χ0v) is 13.3. The van der Waals surface area contributed by atoms with Gasteiger partial charge in [-0.15, -0.1) is 11.3 Å². The molecule has 1 aliphatic rings. The number of aromatic nitrogens is 1. The molecule has 2 heterocycles. The van der Waals surface area contributed by atoms with Gasteiger partial charge in [-0.1, -0.05) is 13.8 Å². The van der Waals surface area contributed by atoms with Crippen LogP contribution in [0.5, 0.6) is 0 Å². The van der Waals surface area contributed by atoms with Crippen LogP contribution in [0.2, 0.25) is 0 Å². The van der Waals surface area contributed by atoms with Crippen LogP contribution in [0.1, 0.15) is 43.5 Å². The quantitative estimate of drug-likeness (QED) is 0.907. The second kappa shape index (κ2) is 6.68. The van der Waals surface area contributed by atoms with Crippen molar-refractivity contribution >= 4 is 17.3 Å². The van der Waals surface area contributed by atoms with E-state index < -0.39 is 5.97 Å². The van der Waals surface area contributed by atoms with Gasteiger partial charge < -0.3 is 5.11 Å². The smallest absolute Gasteiger partial charge is 0.308 e. The maximum atomic E-state index is 11.3. The van der Waals surface area contributed by atoms with Crippen molar-refractivity contribution in [2.75, 3.05) is 6.54 Å². The fourth-order valence-electron chi connectivity index (χ4n) is 2.83. The molecule has 2 atom stereocenters. The van der Waals surface area contributed by atoms with E-state index in [2.05, 4.69) is 23.7 Å². The zero-order chi connectivity index (χ0) is 14.7. The Morgan fingerprint density at radius 3 is 3.00 bits per heavy atom. The van der Waals surface area contributed by atoms with Gasteiger partial charge in [0.05, 0.1) is 10.9 Å². The minimum absolute atomic E-state index is 0.108. The van der Waals surface area contributed by atoms with E-state index in [4.69, 9.17) is 0 Å². The summed E-state index contributed by atoms with van der Waals surface area (Å²) in [5, 5.41) is 10.4.